The van der Waals surface area contributed by atoms with Gasteiger partial charge in [0.05, 0.1) is 16.6 Å². The number of H-pyrrole nitrogens is 1. The fraction of sp³-hybridized carbons (Fsp3) is 0.136. The number of hydrogen-bond acceptors (Lipinski definition) is 4. The number of imidazole rings is 1. The zero-order valence-electron chi connectivity index (χ0n) is 15.7. The van der Waals surface area contributed by atoms with Crippen molar-refractivity contribution in [1.82, 2.24) is 9.97 Å². The van der Waals surface area contributed by atoms with Crippen molar-refractivity contribution in [2.45, 2.75) is 19.4 Å². The lowest BCUT2D eigenvalue weighted by Crippen LogP contribution is -2.28. The van der Waals surface area contributed by atoms with Crippen molar-refractivity contribution in [3.05, 3.63) is 77.3 Å². The lowest BCUT2D eigenvalue weighted by Gasteiger charge is -2.26. The Hall–Kier alpha value is -3.18. The van der Waals surface area contributed by atoms with Gasteiger partial charge >= 0.3 is 0 Å². The summed E-state index contributed by atoms with van der Waals surface area (Å²) in [7, 11) is 0. The minimum atomic E-state index is -0.335. The Morgan fingerprint density at radius 2 is 1.61 bits per heavy atom. The normalized spacial score (nSPS) is 11.5. The summed E-state index contributed by atoms with van der Waals surface area (Å²) in [6.45, 7) is 4.20. The number of nitrogens with two attached hydrogens (primary N) is 1. The number of hydrogen-bond donors (Lipinski definition) is 3. The molecule has 0 aliphatic heterocycles. The molecule has 0 spiro atoms. The van der Waals surface area contributed by atoms with Gasteiger partial charge in [0.15, 0.2) is 0 Å². The number of benzene rings is 3. The van der Waals surface area contributed by atoms with Crippen LogP contribution in [0.25, 0.3) is 11.0 Å². The fourth-order valence-electron chi connectivity index (χ4n) is 3.03. The van der Waals surface area contributed by atoms with Gasteiger partial charge in [-0.2, -0.15) is 0 Å². The Bertz CT molecular complexity index is 1100. The Labute approximate surface area is 168 Å². The quantitative estimate of drug-likeness (QED) is 0.367. The summed E-state index contributed by atoms with van der Waals surface area (Å²) >= 11 is 5.91. The van der Waals surface area contributed by atoms with Crippen LogP contribution in [0, 0.1) is 0 Å². The molecule has 4 rings (SSSR count). The first-order chi connectivity index (χ1) is 13.4. The lowest BCUT2D eigenvalue weighted by atomic mass is 9.94. The van der Waals surface area contributed by atoms with Crippen molar-refractivity contribution in [3.8, 4) is 11.5 Å². The maximum atomic E-state index is 5.91. The van der Waals surface area contributed by atoms with E-state index in [0.717, 1.165) is 28.1 Å². The van der Waals surface area contributed by atoms with Crippen molar-refractivity contribution in [2.75, 3.05) is 11.1 Å². The predicted molar refractivity (Wildman–Crippen MR) is 115 cm³/mol. The molecule has 0 atom stereocenters. The summed E-state index contributed by atoms with van der Waals surface area (Å²) in [6, 6.07) is 20.9. The Balaban J connectivity index is 1.50. The molecule has 0 radical (unpaired) electrons. The molecule has 3 aromatic carbocycles. The van der Waals surface area contributed by atoms with Gasteiger partial charge in [0.2, 0.25) is 5.95 Å². The largest absolute Gasteiger partial charge is 0.457 e. The molecule has 1 aromatic heterocycles. The van der Waals surface area contributed by atoms with Gasteiger partial charge < -0.3 is 20.8 Å². The molecular weight excluding hydrogens is 372 g/mol. The summed E-state index contributed by atoms with van der Waals surface area (Å²) in [6.07, 6.45) is 0. The lowest BCUT2D eigenvalue weighted by molar-refractivity contribution is 0.481. The van der Waals surface area contributed by atoms with E-state index in [9.17, 15) is 0 Å². The number of nitrogen functional groups attached to an aromatic ring is 1. The first-order valence-corrected chi connectivity index (χ1v) is 9.34. The number of aromatic amines is 1. The first-order valence-electron chi connectivity index (χ1n) is 8.96. The molecule has 0 fully saturated rings. The predicted octanol–water partition coefficient (Wildman–Crippen LogP) is 5.94. The summed E-state index contributed by atoms with van der Waals surface area (Å²) in [4.78, 5) is 7.86. The highest BCUT2D eigenvalue weighted by atomic mass is 35.5. The molecule has 0 saturated heterocycles. The molecule has 0 amide bonds. The number of aromatic nitrogens is 2. The van der Waals surface area contributed by atoms with Gasteiger partial charge in [-0.3, -0.25) is 0 Å². The first kappa shape index (κ1) is 18.2. The molecule has 0 aliphatic carbocycles. The van der Waals surface area contributed by atoms with E-state index >= 15 is 0 Å². The second-order valence-electron chi connectivity index (χ2n) is 7.19. The van der Waals surface area contributed by atoms with Crippen molar-refractivity contribution in [2.24, 2.45) is 0 Å². The number of nitrogens with one attached hydrogen (secondary N) is 2. The van der Waals surface area contributed by atoms with Crippen LogP contribution in [0.15, 0.2) is 66.7 Å². The van der Waals surface area contributed by atoms with E-state index in [0.29, 0.717) is 16.7 Å². The minimum absolute atomic E-state index is 0.335. The summed E-state index contributed by atoms with van der Waals surface area (Å²) in [5, 5.41) is 4.14. The highest BCUT2D eigenvalue weighted by molar-refractivity contribution is 6.30. The number of fused-ring (bicyclic) bond motifs is 1. The minimum Gasteiger partial charge on any atom is -0.457 e. The Morgan fingerprint density at radius 3 is 2.29 bits per heavy atom. The van der Waals surface area contributed by atoms with E-state index in [-0.39, 0.29) is 5.54 Å². The van der Waals surface area contributed by atoms with Crippen molar-refractivity contribution < 1.29 is 4.74 Å². The van der Waals surface area contributed by atoms with E-state index < -0.39 is 0 Å². The van der Waals surface area contributed by atoms with Gasteiger partial charge in [-0.25, -0.2) is 4.98 Å². The third-order valence-corrected chi connectivity index (χ3v) is 4.81. The smallest absolute Gasteiger partial charge is 0.201 e. The molecule has 1 heterocycles. The highest BCUT2D eigenvalue weighted by Gasteiger charge is 2.22. The molecule has 28 heavy (non-hydrogen) atoms. The Morgan fingerprint density at radius 1 is 0.964 bits per heavy atom. The summed E-state index contributed by atoms with van der Waals surface area (Å²) < 4.78 is 5.86. The van der Waals surface area contributed by atoms with E-state index in [1.165, 1.54) is 0 Å². The van der Waals surface area contributed by atoms with Gasteiger partial charge in [-0.05, 0) is 74.0 Å². The SMILES string of the molecule is CC(C)(Nc1nc2ccc(N)cc2[nH]1)c1ccc(Oc2ccc(Cl)cc2)cc1. The average Bonchev–Trinajstić information content (AvgIpc) is 3.04. The second kappa shape index (κ2) is 7.09. The standard InChI is InChI=1S/C22H21ClN4O/c1-22(2,27-21-25-19-12-7-16(24)13-20(19)26-21)14-3-8-17(9-4-14)28-18-10-5-15(23)6-11-18/h3-13H,24H2,1-2H3,(H2,25,26,27). The van der Waals surface area contributed by atoms with Crippen LogP contribution < -0.4 is 15.8 Å². The van der Waals surface area contributed by atoms with Gasteiger partial charge in [0.1, 0.15) is 11.5 Å². The van der Waals surface area contributed by atoms with E-state index in [2.05, 4.69) is 29.1 Å². The van der Waals surface area contributed by atoms with Crippen molar-refractivity contribution >= 4 is 34.3 Å². The average molecular weight is 393 g/mol. The van der Waals surface area contributed by atoms with Crippen LogP contribution in [0.1, 0.15) is 19.4 Å². The van der Waals surface area contributed by atoms with Gasteiger partial charge in [0, 0.05) is 10.7 Å². The molecule has 0 unspecified atom stereocenters. The number of anilines is 2. The number of nitrogens with zero attached hydrogens (tertiary/aromatic N) is 1. The number of ether oxygens (including phenoxy) is 1. The monoisotopic (exact) mass is 392 g/mol. The molecule has 0 aliphatic rings. The molecular formula is C22H21ClN4O. The maximum Gasteiger partial charge on any atom is 0.201 e. The van der Waals surface area contributed by atoms with Crippen molar-refractivity contribution in [3.63, 3.8) is 0 Å². The van der Waals surface area contributed by atoms with Crippen LogP contribution in [0.5, 0.6) is 11.5 Å². The van der Waals surface area contributed by atoms with E-state index in [1.807, 2.05) is 54.6 Å². The molecule has 0 saturated carbocycles. The molecule has 0 bridgehead atoms. The van der Waals surface area contributed by atoms with Crippen molar-refractivity contribution in [1.29, 1.82) is 0 Å². The third-order valence-electron chi connectivity index (χ3n) is 4.56. The topological polar surface area (TPSA) is 76.0 Å². The second-order valence-corrected chi connectivity index (χ2v) is 7.63. The molecule has 4 aromatic rings. The van der Waals surface area contributed by atoms with Crippen LogP contribution in [0.2, 0.25) is 5.02 Å². The molecule has 4 N–H and O–H groups in total. The molecule has 5 nitrogen and oxygen atoms in total. The van der Waals surface area contributed by atoms with Crippen LogP contribution in [0.4, 0.5) is 11.6 Å². The molecule has 142 valence electrons. The van der Waals surface area contributed by atoms with E-state index in [1.54, 1.807) is 12.1 Å². The summed E-state index contributed by atoms with van der Waals surface area (Å²) in [5.74, 6) is 2.21. The highest BCUT2D eigenvalue weighted by Crippen LogP contribution is 2.29. The van der Waals surface area contributed by atoms with Gasteiger partial charge in [-0.15, -0.1) is 0 Å². The fourth-order valence-corrected chi connectivity index (χ4v) is 3.16. The van der Waals surface area contributed by atoms with Gasteiger partial charge in [0.25, 0.3) is 0 Å². The van der Waals surface area contributed by atoms with Crippen LogP contribution in [-0.4, -0.2) is 9.97 Å². The zero-order chi connectivity index (χ0) is 19.7. The Kier molecular flexibility index (Phi) is 4.61. The molecule has 6 heteroatoms. The van der Waals surface area contributed by atoms with Crippen LogP contribution >= 0.6 is 11.6 Å². The van der Waals surface area contributed by atoms with Gasteiger partial charge in [-0.1, -0.05) is 23.7 Å². The summed E-state index contributed by atoms with van der Waals surface area (Å²) in [5.41, 5.74) is 9.10. The number of halogens is 1. The van der Waals surface area contributed by atoms with Crippen LogP contribution in [-0.2, 0) is 5.54 Å². The maximum absolute atomic E-state index is 5.91. The van der Waals surface area contributed by atoms with E-state index in [4.69, 9.17) is 22.1 Å². The third kappa shape index (κ3) is 3.89. The number of rotatable bonds is 5. The zero-order valence-corrected chi connectivity index (χ0v) is 16.4. The van der Waals surface area contributed by atoms with Crippen LogP contribution in [0.3, 0.4) is 0 Å².